The molecule has 0 bridgehead atoms. The Balaban J connectivity index is 1.89. The molecule has 3 aromatic rings. The van der Waals surface area contributed by atoms with Gasteiger partial charge in [-0.05, 0) is 38.1 Å². The number of hydrogen-bond acceptors (Lipinski definition) is 5. The van der Waals surface area contributed by atoms with Crippen molar-refractivity contribution in [1.82, 2.24) is 19.5 Å². The van der Waals surface area contributed by atoms with Crippen LogP contribution in [0.2, 0.25) is 5.02 Å². The quantitative estimate of drug-likeness (QED) is 0.563. The minimum Gasteiger partial charge on any atom is -0.279 e. The standard InChI is InChI=1S/C20H19BrClN5O2S/c1-3-30(28,29)26-12(2)20-25-24-18-11-23-19(14-6-4-5-7-16(14)22)15-10-13(21)8-9-17(15)27(18)20/h4-10,12,26H,3,11H2,1-2H3/t12-/m0/s1. The molecule has 0 saturated heterocycles. The molecule has 156 valence electrons. The molecule has 7 nitrogen and oxygen atoms in total. The maximum atomic E-state index is 12.1. The van der Waals surface area contributed by atoms with E-state index in [0.717, 1.165) is 27.0 Å². The molecule has 2 heterocycles. The summed E-state index contributed by atoms with van der Waals surface area (Å²) in [6.07, 6.45) is 0. The summed E-state index contributed by atoms with van der Waals surface area (Å²) in [4.78, 5) is 4.79. The highest BCUT2D eigenvalue weighted by molar-refractivity contribution is 9.10. The molecule has 1 aliphatic heterocycles. The summed E-state index contributed by atoms with van der Waals surface area (Å²) in [5, 5.41) is 9.17. The van der Waals surface area contributed by atoms with Crippen molar-refractivity contribution < 1.29 is 8.42 Å². The van der Waals surface area contributed by atoms with E-state index < -0.39 is 16.1 Å². The van der Waals surface area contributed by atoms with Gasteiger partial charge in [-0.3, -0.25) is 9.56 Å². The van der Waals surface area contributed by atoms with E-state index in [1.54, 1.807) is 13.8 Å². The van der Waals surface area contributed by atoms with Crippen LogP contribution in [0.5, 0.6) is 0 Å². The molecule has 10 heteroatoms. The van der Waals surface area contributed by atoms with Crippen LogP contribution in [0.3, 0.4) is 0 Å². The molecule has 0 unspecified atom stereocenters. The molecule has 1 aliphatic rings. The van der Waals surface area contributed by atoms with Crippen molar-refractivity contribution in [2.45, 2.75) is 26.4 Å². The van der Waals surface area contributed by atoms with Gasteiger partial charge in [-0.15, -0.1) is 10.2 Å². The van der Waals surface area contributed by atoms with Crippen LogP contribution in [-0.4, -0.2) is 34.6 Å². The fourth-order valence-corrected chi connectivity index (χ4v) is 4.79. The van der Waals surface area contributed by atoms with Crippen LogP contribution < -0.4 is 4.72 Å². The number of nitrogens with one attached hydrogen (secondary N) is 1. The lowest BCUT2D eigenvalue weighted by atomic mass is 10.0. The normalized spacial score (nSPS) is 14.5. The van der Waals surface area contributed by atoms with E-state index in [2.05, 4.69) is 30.8 Å². The van der Waals surface area contributed by atoms with Gasteiger partial charge in [-0.2, -0.15) is 0 Å². The lowest BCUT2D eigenvalue weighted by Crippen LogP contribution is -2.30. The molecular weight excluding hydrogens is 490 g/mol. The largest absolute Gasteiger partial charge is 0.279 e. The van der Waals surface area contributed by atoms with Crippen molar-refractivity contribution >= 4 is 43.3 Å². The number of sulfonamides is 1. The van der Waals surface area contributed by atoms with Crippen LogP contribution in [0.25, 0.3) is 5.69 Å². The van der Waals surface area contributed by atoms with Crippen LogP contribution in [0.4, 0.5) is 0 Å². The molecule has 0 aliphatic carbocycles. The van der Waals surface area contributed by atoms with Gasteiger partial charge >= 0.3 is 0 Å². The van der Waals surface area contributed by atoms with Crippen LogP contribution in [0.1, 0.15) is 42.7 Å². The molecule has 30 heavy (non-hydrogen) atoms. The molecule has 2 aromatic carbocycles. The Labute approximate surface area is 188 Å². The summed E-state index contributed by atoms with van der Waals surface area (Å²) < 4.78 is 29.6. The molecule has 0 amide bonds. The number of fused-ring (bicyclic) bond motifs is 3. The predicted octanol–water partition coefficient (Wildman–Crippen LogP) is 4.03. The van der Waals surface area contributed by atoms with Gasteiger partial charge in [0, 0.05) is 20.6 Å². The Hall–Kier alpha value is -2.07. The predicted molar refractivity (Wildman–Crippen MR) is 121 cm³/mol. The number of halogens is 2. The second-order valence-corrected chi connectivity index (χ2v) is 10.2. The maximum Gasteiger partial charge on any atom is 0.211 e. The third-order valence-corrected chi connectivity index (χ3v) is 7.14. The fraction of sp³-hybridized carbons (Fsp3) is 0.250. The zero-order chi connectivity index (χ0) is 21.5. The lowest BCUT2D eigenvalue weighted by Gasteiger charge is -2.18. The van der Waals surface area contributed by atoms with Crippen LogP contribution in [0.15, 0.2) is 51.9 Å². The van der Waals surface area contributed by atoms with E-state index in [1.165, 1.54) is 0 Å². The maximum absolute atomic E-state index is 12.1. The molecule has 0 saturated carbocycles. The summed E-state index contributed by atoms with van der Waals surface area (Å²) in [6, 6.07) is 12.8. The van der Waals surface area contributed by atoms with E-state index >= 15 is 0 Å². The molecule has 1 atom stereocenters. The van der Waals surface area contributed by atoms with Crippen LogP contribution >= 0.6 is 27.5 Å². The monoisotopic (exact) mass is 507 g/mol. The van der Waals surface area contributed by atoms with E-state index in [1.807, 2.05) is 47.0 Å². The molecular formula is C20H19BrClN5O2S. The first-order chi connectivity index (χ1) is 14.3. The minimum absolute atomic E-state index is 0.0123. The minimum atomic E-state index is -3.41. The van der Waals surface area contributed by atoms with Crippen molar-refractivity contribution in [2.75, 3.05) is 5.75 Å². The topological polar surface area (TPSA) is 89.2 Å². The Morgan fingerprint density at radius 2 is 1.97 bits per heavy atom. The summed E-state index contributed by atoms with van der Waals surface area (Å²) >= 11 is 10.0. The van der Waals surface area contributed by atoms with Gasteiger partial charge in [0.25, 0.3) is 0 Å². The van der Waals surface area contributed by atoms with Crippen LogP contribution in [0, 0.1) is 0 Å². The van der Waals surface area contributed by atoms with E-state index in [9.17, 15) is 8.42 Å². The van der Waals surface area contributed by atoms with Gasteiger partial charge in [-0.1, -0.05) is 45.7 Å². The second kappa shape index (κ2) is 8.22. The summed E-state index contributed by atoms with van der Waals surface area (Å²) in [5.74, 6) is 1.11. The number of nitrogens with zero attached hydrogens (tertiary/aromatic N) is 4. The Kier molecular flexibility index (Phi) is 5.80. The number of aromatic nitrogens is 3. The molecule has 0 fully saturated rings. The lowest BCUT2D eigenvalue weighted by molar-refractivity contribution is 0.557. The van der Waals surface area contributed by atoms with Crippen molar-refractivity contribution in [3.8, 4) is 5.69 Å². The van der Waals surface area contributed by atoms with Crippen molar-refractivity contribution in [1.29, 1.82) is 0 Å². The summed E-state index contributed by atoms with van der Waals surface area (Å²) in [7, 11) is -3.41. The highest BCUT2D eigenvalue weighted by atomic mass is 79.9. The molecule has 4 rings (SSSR count). The van der Waals surface area contributed by atoms with Crippen molar-refractivity contribution in [3.05, 3.63) is 74.7 Å². The van der Waals surface area contributed by atoms with Gasteiger partial charge < -0.3 is 0 Å². The molecule has 0 spiro atoms. The Bertz CT molecular complexity index is 1260. The Morgan fingerprint density at radius 1 is 1.20 bits per heavy atom. The number of rotatable bonds is 5. The summed E-state index contributed by atoms with van der Waals surface area (Å²) in [5.41, 5.74) is 3.23. The molecule has 1 aromatic heterocycles. The third kappa shape index (κ3) is 3.94. The number of aliphatic imine (C=N–C) groups is 1. The fourth-order valence-electron chi connectivity index (χ4n) is 3.39. The number of hydrogen-bond donors (Lipinski definition) is 1. The van der Waals surface area contributed by atoms with Gasteiger partial charge in [-0.25, -0.2) is 13.1 Å². The second-order valence-electron chi connectivity index (χ2n) is 6.86. The Morgan fingerprint density at radius 3 is 2.70 bits per heavy atom. The highest BCUT2D eigenvalue weighted by Crippen LogP contribution is 2.31. The zero-order valence-corrected chi connectivity index (χ0v) is 19.5. The van der Waals surface area contributed by atoms with E-state index in [4.69, 9.17) is 16.6 Å². The first kappa shape index (κ1) is 21.2. The van der Waals surface area contributed by atoms with E-state index in [-0.39, 0.29) is 12.3 Å². The summed E-state index contributed by atoms with van der Waals surface area (Å²) in [6.45, 7) is 3.63. The van der Waals surface area contributed by atoms with Gasteiger partial charge in [0.15, 0.2) is 11.6 Å². The SMILES string of the molecule is CCS(=O)(=O)N[C@@H](C)c1nnc2n1-c1ccc(Br)cc1C(c1ccccc1Cl)=NC2. The first-order valence-electron chi connectivity index (χ1n) is 9.34. The highest BCUT2D eigenvalue weighted by Gasteiger charge is 2.27. The average molecular weight is 509 g/mol. The number of benzene rings is 2. The van der Waals surface area contributed by atoms with Gasteiger partial charge in [0.05, 0.1) is 23.2 Å². The zero-order valence-electron chi connectivity index (χ0n) is 16.3. The van der Waals surface area contributed by atoms with Gasteiger partial charge in [0.1, 0.15) is 6.54 Å². The van der Waals surface area contributed by atoms with E-state index in [0.29, 0.717) is 16.7 Å². The average Bonchev–Trinajstić information content (AvgIpc) is 3.06. The third-order valence-electron chi connectivity index (χ3n) is 4.84. The van der Waals surface area contributed by atoms with Crippen LogP contribution in [-0.2, 0) is 16.6 Å². The molecule has 1 N–H and O–H groups in total. The van der Waals surface area contributed by atoms with Crippen molar-refractivity contribution in [3.63, 3.8) is 0 Å². The smallest absolute Gasteiger partial charge is 0.211 e. The first-order valence-corrected chi connectivity index (χ1v) is 12.2. The van der Waals surface area contributed by atoms with Gasteiger partial charge in [0.2, 0.25) is 10.0 Å². The molecule has 0 radical (unpaired) electrons. The van der Waals surface area contributed by atoms with Crippen molar-refractivity contribution in [2.24, 2.45) is 4.99 Å².